The maximum Gasteiger partial charge on any atom is 0.270 e. The van der Waals surface area contributed by atoms with E-state index in [9.17, 15) is 4.79 Å². The van der Waals surface area contributed by atoms with Crippen molar-refractivity contribution in [1.29, 1.82) is 0 Å². The van der Waals surface area contributed by atoms with Gasteiger partial charge in [0, 0.05) is 43.2 Å². The average molecular weight is 397 g/mol. The number of carbonyl (C=O) groups is 1. The summed E-state index contributed by atoms with van der Waals surface area (Å²) in [6.45, 7) is 2.73. The van der Waals surface area contributed by atoms with Gasteiger partial charge in [0.05, 0.1) is 12.1 Å². The smallest absolute Gasteiger partial charge is 0.270 e. The largest absolute Gasteiger partial charge is 0.357 e. The molecule has 1 fully saturated rings. The van der Waals surface area contributed by atoms with Crippen LogP contribution in [0.2, 0.25) is 0 Å². The van der Waals surface area contributed by atoms with Crippen LogP contribution >= 0.6 is 11.3 Å². The second-order valence-electron chi connectivity index (χ2n) is 7.60. The number of rotatable bonds is 4. The molecule has 0 spiro atoms. The van der Waals surface area contributed by atoms with Crippen LogP contribution in [0, 0.1) is 0 Å². The van der Waals surface area contributed by atoms with Gasteiger partial charge >= 0.3 is 0 Å². The number of amides is 1. The molecule has 0 unspecified atom stereocenters. The first-order valence-corrected chi connectivity index (χ1v) is 11.0. The highest BCUT2D eigenvalue weighted by atomic mass is 32.1. The molecular formula is C20H24N6OS. The fourth-order valence-corrected chi connectivity index (χ4v) is 4.89. The van der Waals surface area contributed by atoms with Crippen molar-refractivity contribution < 1.29 is 4.79 Å². The summed E-state index contributed by atoms with van der Waals surface area (Å²) in [5, 5.41) is 11.9. The normalized spacial score (nSPS) is 16.9. The Morgan fingerprint density at radius 1 is 1.11 bits per heavy atom. The van der Waals surface area contributed by atoms with Crippen molar-refractivity contribution in [2.75, 3.05) is 13.1 Å². The van der Waals surface area contributed by atoms with Gasteiger partial charge in [-0.3, -0.25) is 4.79 Å². The van der Waals surface area contributed by atoms with Gasteiger partial charge in [0.25, 0.3) is 5.91 Å². The molecule has 2 aliphatic heterocycles. The second kappa shape index (κ2) is 7.50. The summed E-state index contributed by atoms with van der Waals surface area (Å²) in [6, 6.07) is 1.92. The number of hydrogen-bond acceptors (Lipinski definition) is 5. The van der Waals surface area contributed by atoms with Crippen LogP contribution in [0.25, 0.3) is 11.3 Å². The maximum atomic E-state index is 12.5. The predicted octanol–water partition coefficient (Wildman–Crippen LogP) is 3.28. The molecule has 1 saturated heterocycles. The Morgan fingerprint density at radius 2 is 1.96 bits per heavy atom. The SMILES string of the molecule is O=C(c1cc(-c2csc(Cc3nnc4n3CCCCC4)n2)c[nH]1)N1CCCC1. The van der Waals surface area contributed by atoms with Gasteiger partial charge in [0.2, 0.25) is 0 Å². The molecule has 1 amide bonds. The third-order valence-electron chi connectivity index (χ3n) is 5.65. The fraction of sp³-hybridized carbons (Fsp3) is 0.500. The molecule has 28 heavy (non-hydrogen) atoms. The maximum absolute atomic E-state index is 12.5. The van der Waals surface area contributed by atoms with Gasteiger partial charge in [0.1, 0.15) is 22.4 Å². The van der Waals surface area contributed by atoms with Gasteiger partial charge in [-0.2, -0.15) is 0 Å². The average Bonchev–Trinajstić information content (AvgIpc) is 3.48. The zero-order valence-electron chi connectivity index (χ0n) is 15.9. The van der Waals surface area contributed by atoms with Crippen LogP contribution in [0.4, 0.5) is 0 Å². The molecule has 0 aromatic carbocycles. The van der Waals surface area contributed by atoms with Gasteiger partial charge in [-0.15, -0.1) is 21.5 Å². The Kier molecular flexibility index (Phi) is 4.72. The van der Waals surface area contributed by atoms with Crippen LogP contribution < -0.4 is 0 Å². The van der Waals surface area contributed by atoms with E-state index in [0.717, 1.165) is 66.8 Å². The summed E-state index contributed by atoms with van der Waals surface area (Å²) >= 11 is 1.64. The predicted molar refractivity (Wildman–Crippen MR) is 107 cm³/mol. The molecule has 1 N–H and O–H groups in total. The van der Waals surface area contributed by atoms with Crippen molar-refractivity contribution in [3.63, 3.8) is 0 Å². The van der Waals surface area contributed by atoms with Crippen LogP contribution in [0.1, 0.15) is 59.2 Å². The highest BCUT2D eigenvalue weighted by molar-refractivity contribution is 7.10. The van der Waals surface area contributed by atoms with Gasteiger partial charge < -0.3 is 14.5 Å². The van der Waals surface area contributed by atoms with E-state index in [4.69, 9.17) is 4.98 Å². The lowest BCUT2D eigenvalue weighted by atomic mass is 10.2. The van der Waals surface area contributed by atoms with Gasteiger partial charge in [-0.1, -0.05) is 6.42 Å². The van der Waals surface area contributed by atoms with E-state index < -0.39 is 0 Å². The molecule has 0 atom stereocenters. The van der Waals surface area contributed by atoms with Crippen molar-refractivity contribution in [1.82, 2.24) is 29.6 Å². The third kappa shape index (κ3) is 3.37. The molecule has 7 nitrogen and oxygen atoms in total. The van der Waals surface area contributed by atoms with Crippen LogP contribution in [-0.4, -0.2) is 48.6 Å². The van der Waals surface area contributed by atoms with E-state index in [-0.39, 0.29) is 5.91 Å². The van der Waals surface area contributed by atoms with E-state index in [1.54, 1.807) is 11.3 Å². The number of aryl methyl sites for hydroxylation is 1. The van der Waals surface area contributed by atoms with Crippen molar-refractivity contribution in [2.24, 2.45) is 0 Å². The Bertz CT molecular complexity index is 981. The van der Waals surface area contributed by atoms with Crippen LogP contribution in [-0.2, 0) is 19.4 Å². The van der Waals surface area contributed by atoms with Gasteiger partial charge in [-0.05, 0) is 31.7 Å². The summed E-state index contributed by atoms with van der Waals surface area (Å²) in [6.07, 6.45) is 9.46. The Labute approximate surface area is 167 Å². The van der Waals surface area contributed by atoms with E-state index >= 15 is 0 Å². The number of fused-ring (bicyclic) bond motifs is 1. The lowest BCUT2D eigenvalue weighted by Gasteiger charge is -2.13. The minimum atomic E-state index is 0.0883. The van der Waals surface area contributed by atoms with E-state index in [1.165, 1.54) is 19.3 Å². The van der Waals surface area contributed by atoms with E-state index in [0.29, 0.717) is 12.1 Å². The van der Waals surface area contributed by atoms with Gasteiger partial charge in [-0.25, -0.2) is 4.98 Å². The zero-order valence-corrected chi connectivity index (χ0v) is 16.7. The van der Waals surface area contributed by atoms with Crippen molar-refractivity contribution in [3.8, 4) is 11.3 Å². The van der Waals surface area contributed by atoms with Crippen molar-refractivity contribution in [2.45, 2.75) is 51.5 Å². The summed E-state index contributed by atoms with van der Waals surface area (Å²) in [4.78, 5) is 22.4. The Hall–Kier alpha value is -2.48. The van der Waals surface area contributed by atoms with E-state index in [2.05, 4.69) is 25.1 Å². The van der Waals surface area contributed by atoms with E-state index in [1.807, 2.05) is 17.2 Å². The summed E-state index contributed by atoms with van der Waals surface area (Å²) in [7, 11) is 0. The Balaban J connectivity index is 1.32. The topological polar surface area (TPSA) is 79.7 Å². The standard InChI is InChI=1S/C20H24N6OS/c27-20(25-7-4-5-8-25)15-10-14(12-21-15)16-13-28-19(22-16)11-18-24-23-17-6-2-1-3-9-26(17)18/h10,12-13,21H,1-9,11H2. The highest BCUT2D eigenvalue weighted by Crippen LogP contribution is 2.25. The number of aromatic nitrogens is 5. The number of nitrogens with one attached hydrogen (secondary N) is 1. The lowest BCUT2D eigenvalue weighted by molar-refractivity contribution is 0.0788. The molecule has 0 bridgehead atoms. The number of nitrogens with zero attached hydrogens (tertiary/aromatic N) is 5. The summed E-state index contributed by atoms with van der Waals surface area (Å²) < 4.78 is 2.27. The molecular weight excluding hydrogens is 372 g/mol. The van der Waals surface area contributed by atoms with Crippen LogP contribution in [0.5, 0.6) is 0 Å². The number of hydrogen-bond donors (Lipinski definition) is 1. The Morgan fingerprint density at radius 3 is 2.86 bits per heavy atom. The molecule has 5 rings (SSSR count). The lowest BCUT2D eigenvalue weighted by Crippen LogP contribution is -2.27. The number of likely N-dealkylation sites (tertiary alicyclic amines) is 1. The zero-order chi connectivity index (χ0) is 18.9. The quantitative estimate of drug-likeness (QED) is 0.734. The number of aromatic amines is 1. The molecule has 0 radical (unpaired) electrons. The molecule has 0 saturated carbocycles. The molecule has 5 heterocycles. The third-order valence-corrected chi connectivity index (χ3v) is 6.50. The minimum Gasteiger partial charge on any atom is -0.357 e. The number of carbonyl (C=O) groups excluding carboxylic acids is 1. The molecule has 3 aromatic heterocycles. The minimum absolute atomic E-state index is 0.0883. The van der Waals surface area contributed by atoms with Crippen LogP contribution in [0.3, 0.4) is 0 Å². The monoisotopic (exact) mass is 396 g/mol. The first-order valence-electron chi connectivity index (χ1n) is 10.1. The summed E-state index contributed by atoms with van der Waals surface area (Å²) in [5.74, 6) is 2.21. The van der Waals surface area contributed by atoms with Crippen molar-refractivity contribution >= 4 is 17.2 Å². The second-order valence-corrected chi connectivity index (χ2v) is 8.54. The fourth-order valence-electron chi connectivity index (χ4n) is 4.09. The molecule has 8 heteroatoms. The molecule has 2 aliphatic rings. The number of H-pyrrole nitrogens is 1. The van der Waals surface area contributed by atoms with Crippen molar-refractivity contribution in [3.05, 3.63) is 40.0 Å². The first kappa shape index (κ1) is 17.6. The molecule has 3 aromatic rings. The molecule has 0 aliphatic carbocycles. The van der Waals surface area contributed by atoms with Crippen LogP contribution in [0.15, 0.2) is 17.6 Å². The molecule has 146 valence electrons. The van der Waals surface area contributed by atoms with Gasteiger partial charge in [0.15, 0.2) is 0 Å². The number of thiazole rings is 1. The highest BCUT2D eigenvalue weighted by Gasteiger charge is 2.21. The first-order chi connectivity index (χ1) is 13.8. The summed E-state index contributed by atoms with van der Waals surface area (Å²) in [5.41, 5.74) is 2.52.